The molecule has 1 saturated heterocycles. The molecule has 2 amide bonds. The number of aromatic nitrogens is 3. The van der Waals surface area contributed by atoms with Crippen LogP contribution >= 0.6 is 0 Å². The van der Waals surface area contributed by atoms with E-state index in [1.165, 1.54) is 18.2 Å². The minimum atomic E-state index is -1.76. The zero-order valence-corrected chi connectivity index (χ0v) is 33.3. The highest BCUT2D eigenvalue weighted by molar-refractivity contribution is 5.92. The number of esters is 4. The quantitative estimate of drug-likeness (QED) is 0.136. The molecular weight excluding hydrogens is 802 g/mol. The molecule has 1 aliphatic heterocycles. The number of carbonyl (C=O) groups excluding carboxylic acids is 7. The molecule has 0 saturated carbocycles. The van der Waals surface area contributed by atoms with Crippen molar-refractivity contribution in [1.29, 1.82) is 0 Å². The lowest BCUT2D eigenvalue weighted by Gasteiger charge is -2.43. The van der Waals surface area contributed by atoms with Crippen LogP contribution in [0.5, 0.6) is 5.75 Å². The third-order valence-electron chi connectivity index (χ3n) is 9.33. The maximum absolute atomic E-state index is 13.4. The van der Waals surface area contributed by atoms with E-state index < -0.39 is 72.7 Å². The molecule has 3 aromatic carbocycles. The number of ether oxygens (including phenoxy) is 8. The maximum atomic E-state index is 13.4. The van der Waals surface area contributed by atoms with Gasteiger partial charge in [0, 0.05) is 39.7 Å². The van der Waals surface area contributed by atoms with Crippen molar-refractivity contribution in [2.75, 3.05) is 25.6 Å². The summed E-state index contributed by atoms with van der Waals surface area (Å²) >= 11 is 0. The summed E-state index contributed by atoms with van der Waals surface area (Å²) in [6, 6.07) is 20.0. The molecule has 1 fully saturated rings. The summed E-state index contributed by atoms with van der Waals surface area (Å²) in [4.78, 5) is 92.0. The molecule has 2 N–H and O–H groups in total. The second-order valence-corrected chi connectivity index (χ2v) is 13.6. The molecule has 20 heteroatoms. The van der Waals surface area contributed by atoms with Gasteiger partial charge < -0.3 is 48.5 Å². The summed E-state index contributed by atoms with van der Waals surface area (Å²) in [5.41, 5.74) is 4.52. The van der Waals surface area contributed by atoms with Crippen molar-refractivity contribution < 1.29 is 71.5 Å². The van der Waals surface area contributed by atoms with E-state index in [0.29, 0.717) is 5.56 Å². The van der Waals surface area contributed by atoms with E-state index in [0.717, 1.165) is 67.5 Å². The van der Waals surface area contributed by atoms with Crippen molar-refractivity contribution in [2.45, 2.75) is 70.4 Å². The van der Waals surface area contributed by atoms with Gasteiger partial charge in [-0.15, -0.1) is 5.10 Å². The lowest BCUT2D eigenvalue weighted by molar-refractivity contribution is -0.282. The second kappa shape index (κ2) is 19.6. The minimum Gasteiger partial charge on any atom is -0.467 e. The monoisotopic (exact) mass is 843 g/mol. The Kier molecular flexibility index (Phi) is 13.9. The number of fused-ring (bicyclic) bond motifs is 3. The highest BCUT2D eigenvalue weighted by Crippen LogP contribution is 2.44. The summed E-state index contributed by atoms with van der Waals surface area (Å²) in [7, 11) is 1.04. The van der Waals surface area contributed by atoms with Crippen molar-refractivity contribution in [3.05, 3.63) is 96.1 Å². The lowest BCUT2D eigenvalue weighted by Crippen LogP contribution is -2.64. The van der Waals surface area contributed by atoms with Gasteiger partial charge in [-0.1, -0.05) is 54.6 Å². The molecule has 6 rings (SSSR count). The number of hydrogen-bond donors (Lipinski definition) is 2. The SMILES string of the molecule is COC(=O)[C@H]1O[C@@H](Oc2ccc(COC(=O)n3cncn3)cc2NC(=O)CCNC(=O)OCC2c3ccccc3-c3ccccc32)[C@H](OC(C)=O)[C@@H](OC(C)=O)[C@@H]1OC(C)=O. The van der Waals surface area contributed by atoms with Crippen LogP contribution in [0, 0.1) is 0 Å². The number of methoxy groups -OCH3 is 1. The van der Waals surface area contributed by atoms with Crippen molar-refractivity contribution in [3.8, 4) is 16.9 Å². The highest BCUT2D eigenvalue weighted by Gasteiger charge is 2.56. The Hall–Kier alpha value is -7.35. The van der Waals surface area contributed by atoms with Gasteiger partial charge in [0.2, 0.25) is 18.3 Å². The van der Waals surface area contributed by atoms with Crippen LogP contribution in [0.4, 0.5) is 15.3 Å². The molecule has 61 heavy (non-hydrogen) atoms. The molecule has 0 unspecified atom stereocenters. The molecule has 0 spiro atoms. The largest absolute Gasteiger partial charge is 0.467 e. The van der Waals surface area contributed by atoms with Crippen molar-refractivity contribution in [1.82, 2.24) is 20.1 Å². The summed E-state index contributed by atoms with van der Waals surface area (Å²) in [6.45, 7) is 2.73. The average molecular weight is 844 g/mol. The summed E-state index contributed by atoms with van der Waals surface area (Å²) in [6.07, 6.45) is -8.03. The number of carbonyl (C=O) groups is 7. The Morgan fingerprint density at radius 2 is 1.43 bits per heavy atom. The van der Waals surface area contributed by atoms with Gasteiger partial charge in [-0.05, 0) is 39.9 Å². The fourth-order valence-corrected chi connectivity index (χ4v) is 6.82. The van der Waals surface area contributed by atoms with Crippen LogP contribution in [0.3, 0.4) is 0 Å². The Labute approximate surface area is 347 Å². The molecule has 1 aromatic heterocycles. The van der Waals surface area contributed by atoms with E-state index in [1.54, 1.807) is 0 Å². The van der Waals surface area contributed by atoms with Crippen molar-refractivity contribution in [3.63, 3.8) is 0 Å². The minimum absolute atomic E-state index is 0.0358. The van der Waals surface area contributed by atoms with E-state index >= 15 is 0 Å². The van der Waals surface area contributed by atoms with Crippen molar-refractivity contribution in [2.24, 2.45) is 0 Å². The molecule has 2 heterocycles. The van der Waals surface area contributed by atoms with E-state index in [-0.39, 0.29) is 43.5 Å². The Morgan fingerprint density at radius 3 is 2.05 bits per heavy atom. The standard InChI is InChI=1S/C41H41N5O15/c1-22(47)57-34-35(58-23(2)48)37(59-24(3)49)39(61-36(34)38(51)54-4)60-32-14-13-25(18-56-41(53)46-21-42-20-44-46)17-31(32)45-33(50)15-16-43-40(52)55-19-30-28-11-7-5-9-26(28)27-10-6-8-12-29(27)30/h5-14,17,20-21,30,34-37,39H,15-16,18-19H2,1-4H3,(H,43,52)(H,45,50)/t34-,35-,36-,37+,39+/m0/s1. The Balaban J connectivity index is 1.18. The normalized spacial score (nSPS) is 18.9. The lowest BCUT2D eigenvalue weighted by atomic mass is 9.97. The number of amides is 2. The zero-order valence-electron chi connectivity index (χ0n) is 33.3. The van der Waals surface area contributed by atoms with Crippen LogP contribution in [0.1, 0.15) is 49.8 Å². The summed E-state index contributed by atoms with van der Waals surface area (Å²) < 4.78 is 44.8. The first-order valence-electron chi connectivity index (χ1n) is 18.8. The summed E-state index contributed by atoms with van der Waals surface area (Å²) in [5.74, 6) is -4.66. The third kappa shape index (κ3) is 10.6. The van der Waals surface area contributed by atoms with Crippen molar-refractivity contribution >= 4 is 47.7 Å². The molecule has 2 aliphatic rings. The van der Waals surface area contributed by atoms with Crippen LogP contribution in [-0.4, -0.2) is 108 Å². The van der Waals surface area contributed by atoms with E-state index in [4.69, 9.17) is 37.9 Å². The number of anilines is 1. The molecule has 0 bridgehead atoms. The third-order valence-corrected chi connectivity index (χ3v) is 9.33. The smallest absolute Gasteiger partial charge is 0.436 e. The molecule has 20 nitrogen and oxygen atoms in total. The Morgan fingerprint density at radius 1 is 0.787 bits per heavy atom. The first-order chi connectivity index (χ1) is 29.3. The molecule has 0 radical (unpaired) electrons. The predicted molar refractivity (Wildman–Crippen MR) is 206 cm³/mol. The van der Waals surface area contributed by atoms with Gasteiger partial charge in [-0.3, -0.25) is 19.2 Å². The number of rotatable bonds is 14. The number of benzene rings is 3. The van der Waals surface area contributed by atoms with E-state index in [1.807, 2.05) is 48.5 Å². The number of hydrogen-bond acceptors (Lipinski definition) is 17. The summed E-state index contributed by atoms with van der Waals surface area (Å²) in [5, 5.41) is 8.98. The van der Waals surface area contributed by atoms with Gasteiger partial charge in [-0.2, -0.15) is 4.68 Å². The van der Waals surface area contributed by atoms with Gasteiger partial charge in [0.1, 0.15) is 31.6 Å². The molecule has 1 aliphatic carbocycles. The first-order valence-corrected chi connectivity index (χ1v) is 18.8. The average Bonchev–Trinajstić information content (AvgIpc) is 3.88. The van der Waals surface area contributed by atoms with Crippen LogP contribution in [0.15, 0.2) is 79.4 Å². The number of nitrogens with zero attached hydrogens (tertiary/aromatic N) is 3. The number of alkyl carbamates (subject to hydrolysis) is 1. The topological polar surface area (TPSA) is 248 Å². The van der Waals surface area contributed by atoms with Gasteiger partial charge >= 0.3 is 36.1 Å². The van der Waals surface area contributed by atoms with E-state index in [2.05, 4.69) is 20.7 Å². The van der Waals surface area contributed by atoms with E-state index in [9.17, 15) is 33.6 Å². The fourth-order valence-electron chi connectivity index (χ4n) is 6.82. The molecule has 320 valence electrons. The first kappa shape index (κ1) is 43.2. The predicted octanol–water partition coefficient (Wildman–Crippen LogP) is 3.40. The van der Waals surface area contributed by atoms with Gasteiger partial charge in [-0.25, -0.2) is 19.4 Å². The zero-order chi connectivity index (χ0) is 43.6. The van der Waals surface area contributed by atoms with Crippen LogP contribution in [-0.2, 0) is 63.7 Å². The molecule has 4 aromatic rings. The van der Waals surface area contributed by atoms with Gasteiger partial charge in [0.05, 0.1) is 12.8 Å². The van der Waals surface area contributed by atoms with Crippen LogP contribution < -0.4 is 15.4 Å². The van der Waals surface area contributed by atoms with Gasteiger partial charge in [0.25, 0.3) is 0 Å². The fraction of sp³-hybridized carbons (Fsp3) is 0.341. The van der Waals surface area contributed by atoms with Crippen LogP contribution in [0.2, 0.25) is 0 Å². The van der Waals surface area contributed by atoms with Crippen LogP contribution in [0.25, 0.3) is 11.1 Å². The highest BCUT2D eigenvalue weighted by atomic mass is 16.7. The second-order valence-electron chi connectivity index (χ2n) is 13.6. The molecular formula is C41H41N5O15. The number of nitrogens with one attached hydrogen (secondary N) is 2. The molecule has 5 atom stereocenters. The Bertz CT molecular complexity index is 2240. The van der Waals surface area contributed by atoms with Gasteiger partial charge in [0.15, 0.2) is 18.3 Å². The maximum Gasteiger partial charge on any atom is 0.436 e.